The summed E-state index contributed by atoms with van der Waals surface area (Å²) in [5.74, 6) is 0. The van der Waals surface area contributed by atoms with Gasteiger partial charge in [-0.1, -0.05) is 103 Å². The van der Waals surface area contributed by atoms with E-state index in [-0.39, 0.29) is 0 Å². The molecule has 0 aliphatic carbocycles. The van der Waals surface area contributed by atoms with Crippen LogP contribution in [0.5, 0.6) is 0 Å². The fourth-order valence-corrected chi connectivity index (χ4v) is 8.66. The summed E-state index contributed by atoms with van der Waals surface area (Å²) in [6, 6.07) is 58.5. The summed E-state index contributed by atoms with van der Waals surface area (Å²) < 4.78 is 2.66. The van der Waals surface area contributed by atoms with Gasteiger partial charge in [0.2, 0.25) is 0 Å². The molecule has 0 saturated carbocycles. The molecule has 1 heterocycles. The molecule has 1 aromatic heterocycles. The molecular formula is C45H29NS. The first-order valence-electron chi connectivity index (χ1n) is 16.2. The second-order valence-electron chi connectivity index (χ2n) is 12.7. The molecule has 0 N–H and O–H groups in total. The highest BCUT2D eigenvalue weighted by molar-refractivity contribution is 7.26. The van der Waals surface area contributed by atoms with Crippen molar-refractivity contribution in [3.63, 3.8) is 0 Å². The van der Waals surface area contributed by atoms with Crippen LogP contribution in [0.2, 0.25) is 0 Å². The number of benzene rings is 9. The normalized spacial score (nSPS) is 11.9. The first kappa shape index (κ1) is 26.5. The SMILES string of the molecule is Cc1ccc(N(c2ccc3ccccc3c2)c2ccc3cc4sc5cc6c7ccccc7c7ccccc7c6cc5c4cc3c2)cc1. The molecule has 0 radical (unpaired) electrons. The Hall–Kier alpha value is -5.70. The summed E-state index contributed by atoms with van der Waals surface area (Å²) in [5.41, 5.74) is 4.71. The molecule has 0 bridgehead atoms. The zero-order valence-corrected chi connectivity index (χ0v) is 26.7. The van der Waals surface area contributed by atoms with Crippen LogP contribution >= 0.6 is 11.3 Å². The highest BCUT2D eigenvalue weighted by Crippen LogP contribution is 2.44. The summed E-state index contributed by atoms with van der Waals surface area (Å²) in [6.45, 7) is 2.14. The van der Waals surface area contributed by atoms with Crippen LogP contribution in [0.3, 0.4) is 0 Å². The Labute approximate surface area is 276 Å². The Balaban J connectivity index is 1.20. The van der Waals surface area contributed by atoms with Crippen molar-refractivity contribution in [3.8, 4) is 0 Å². The van der Waals surface area contributed by atoms with Crippen molar-refractivity contribution >= 4 is 102 Å². The van der Waals surface area contributed by atoms with E-state index in [4.69, 9.17) is 0 Å². The van der Waals surface area contributed by atoms with Gasteiger partial charge in [0, 0.05) is 37.2 Å². The van der Waals surface area contributed by atoms with Gasteiger partial charge < -0.3 is 4.90 Å². The van der Waals surface area contributed by atoms with Crippen LogP contribution in [0.1, 0.15) is 5.56 Å². The molecular weight excluding hydrogens is 587 g/mol. The smallest absolute Gasteiger partial charge is 0.0468 e. The molecule has 0 fully saturated rings. The quantitative estimate of drug-likeness (QED) is 0.179. The fourth-order valence-electron chi connectivity index (χ4n) is 7.50. The van der Waals surface area contributed by atoms with Crippen LogP contribution in [0.15, 0.2) is 158 Å². The molecule has 9 aromatic carbocycles. The van der Waals surface area contributed by atoms with Gasteiger partial charge in [-0.3, -0.25) is 0 Å². The van der Waals surface area contributed by atoms with Crippen molar-refractivity contribution in [2.75, 3.05) is 4.90 Å². The van der Waals surface area contributed by atoms with Crippen molar-refractivity contribution < 1.29 is 0 Å². The second kappa shape index (κ2) is 10.2. The molecule has 1 nitrogen and oxygen atoms in total. The summed E-state index contributed by atoms with van der Waals surface area (Å²) in [5, 5.41) is 15.6. The number of hydrogen-bond acceptors (Lipinski definition) is 2. The third-order valence-corrected chi connectivity index (χ3v) is 10.9. The molecule has 0 spiro atoms. The second-order valence-corrected chi connectivity index (χ2v) is 13.8. The molecule has 0 amide bonds. The lowest BCUT2D eigenvalue weighted by molar-refractivity contribution is 1.28. The van der Waals surface area contributed by atoms with Gasteiger partial charge in [-0.2, -0.15) is 0 Å². The molecule has 0 aliphatic rings. The van der Waals surface area contributed by atoms with E-state index >= 15 is 0 Å². The lowest BCUT2D eigenvalue weighted by Crippen LogP contribution is -2.09. The Morgan fingerprint density at radius 2 is 0.830 bits per heavy atom. The summed E-state index contributed by atoms with van der Waals surface area (Å²) in [4.78, 5) is 2.38. The molecule has 10 aromatic rings. The zero-order chi connectivity index (χ0) is 31.1. The van der Waals surface area contributed by atoms with Gasteiger partial charge in [0.15, 0.2) is 0 Å². The molecule has 0 atom stereocenters. The van der Waals surface area contributed by atoms with Gasteiger partial charge >= 0.3 is 0 Å². The summed E-state index contributed by atoms with van der Waals surface area (Å²) in [7, 11) is 0. The number of anilines is 3. The van der Waals surface area contributed by atoms with Gasteiger partial charge in [-0.25, -0.2) is 0 Å². The fraction of sp³-hybridized carbons (Fsp3) is 0.0222. The molecule has 47 heavy (non-hydrogen) atoms. The van der Waals surface area contributed by atoms with Crippen LogP contribution < -0.4 is 4.90 Å². The van der Waals surface area contributed by atoms with Crippen LogP contribution in [-0.4, -0.2) is 0 Å². The lowest BCUT2D eigenvalue weighted by Gasteiger charge is -2.26. The van der Waals surface area contributed by atoms with Crippen molar-refractivity contribution in [2.45, 2.75) is 6.92 Å². The van der Waals surface area contributed by atoms with Crippen molar-refractivity contribution in [2.24, 2.45) is 0 Å². The van der Waals surface area contributed by atoms with E-state index in [1.165, 1.54) is 79.6 Å². The molecule has 220 valence electrons. The van der Waals surface area contributed by atoms with E-state index in [1.807, 2.05) is 11.3 Å². The molecule has 0 unspecified atom stereocenters. The van der Waals surface area contributed by atoms with Crippen molar-refractivity contribution in [3.05, 3.63) is 163 Å². The number of rotatable bonds is 3. The number of fused-ring (bicyclic) bond motifs is 11. The molecule has 0 saturated heterocycles. The minimum absolute atomic E-state index is 1.15. The standard InChI is InChI=1S/C45H29NS/c1-28-14-18-33(19-15-28)46(34-20-16-29-8-2-3-9-30(29)22-34)35-21-17-31-25-44-42(24-32(31)23-35)43-26-40-38-12-6-4-10-36(38)37-11-5-7-13-39(37)41(40)27-45(43)47-44/h2-27H,1H3. The van der Waals surface area contributed by atoms with Crippen LogP contribution in [-0.2, 0) is 0 Å². The highest BCUT2D eigenvalue weighted by Gasteiger charge is 2.16. The average Bonchev–Trinajstić information content (AvgIpc) is 3.47. The Kier molecular flexibility index (Phi) is 5.73. The molecule has 10 rings (SSSR count). The number of thiophene rings is 1. The van der Waals surface area contributed by atoms with Crippen molar-refractivity contribution in [1.82, 2.24) is 0 Å². The van der Waals surface area contributed by atoms with E-state index < -0.39 is 0 Å². The molecule has 2 heteroatoms. The number of hydrogen-bond donors (Lipinski definition) is 0. The maximum Gasteiger partial charge on any atom is 0.0468 e. The third kappa shape index (κ3) is 4.15. The van der Waals surface area contributed by atoms with E-state index in [2.05, 4.69) is 170 Å². The van der Waals surface area contributed by atoms with E-state index in [1.54, 1.807) is 0 Å². The average molecular weight is 616 g/mol. The first-order chi connectivity index (χ1) is 23.2. The maximum absolute atomic E-state index is 2.45. The lowest BCUT2D eigenvalue weighted by atomic mass is 9.93. The maximum atomic E-state index is 2.45. The van der Waals surface area contributed by atoms with Gasteiger partial charge in [-0.05, 0) is 121 Å². The third-order valence-electron chi connectivity index (χ3n) is 9.82. The minimum atomic E-state index is 1.15. The Morgan fingerprint density at radius 1 is 0.340 bits per heavy atom. The number of aryl methyl sites for hydroxylation is 1. The van der Waals surface area contributed by atoms with Gasteiger partial charge in [0.05, 0.1) is 0 Å². The summed E-state index contributed by atoms with van der Waals surface area (Å²) in [6.07, 6.45) is 0. The topological polar surface area (TPSA) is 3.24 Å². The van der Waals surface area contributed by atoms with Gasteiger partial charge in [0.25, 0.3) is 0 Å². The van der Waals surface area contributed by atoms with Crippen molar-refractivity contribution in [1.29, 1.82) is 0 Å². The summed E-state index contributed by atoms with van der Waals surface area (Å²) >= 11 is 1.90. The zero-order valence-electron chi connectivity index (χ0n) is 25.9. The van der Waals surface area contributed by atoms with Gasteiger partial charge in [0.1, 0.15) is 0 Å². The first-order valence-corrected chi connectivity index (χ1v) is 17.0. The van der Waals surface area contributed by atoms with Crippen LogP contribution in [0, 0.1) is 6.92 Å². The van der Waals surface area contributed by atoms with Crippen LogP contribution in [0.4, 0.5) is 17.1 Å². The van der Waals surface area contributed by atoms with E-state index in [9.17, 15) is 0 Å². The minimum Gasteiger partial charge on any atom is -0.310 e. The largest absolute Gasteiger partial charge is 0.310 e. The van der Waals surface area contributed by atoms with E-state index in [0.717, 1.165) is 17.1 Å². The predicted molar refractivity (Wildman–Crippen MR) is 206 cm³/mol. The monoisotopic (exact) mass is 615 g/mol. The highest BCUT2D eigenvalue weighted by atomic mass is 32.1. The Morgan fingerprint density at radius 3 is 1.53 bits per heavy atom. The van der Waals surface area contributed by atoms with Crippen LogP contribution in [0.25, 0.3) is 74.0 Å². The Bertz CT molecular complexity index is 2860. The van der Waals surface area contributed by atoms with Gasteiger partial charge in [-0.15, -0.1) is 11.3 Å². The molecule has 0 aliphatic heterocycles. The van der Waals surface area contributed by atoms with E-state index in [0.29, 0.717) is 0 Å². The number of nitrogens with zero attached hydrogens (tertiary/aromatic N) is 1. The predicted octanol–water partition coefficient (Wildman–Crippen LogP) is 13.6.